The molecular formula is C11H16N2O2. The number of para-hydroxylation sites is 1. The number of nitrogens with two attached hydrogens (primary N) is 1. The van der Waals surface area contributed by atoms with Gasteiger partial charge in [-0.05, 0) is 26.0 Å². The van der Waals surface area contributed by atoms with Crippen molar-refractivity contribution in [2.24, 2.45) is 5.84 Å². The standard InChI is InChI=1S/C11H16N2O2/c1-3-15-11(14)9(2)13(12)10-7-5-4-6-8-10/h4-9H,3,12H2,1-2H3/t9-/m1/s1. The number of anilines is 1. The van der Waals surface area contributed by atoms with Gasteiger partial charge < -0.3 is 4.74 Å². The molecule has 4 heteroatoms. The molecule has 82 valence electrons. The second kappa shape index (κ2) is 5.36. The van der Waals surface area contributed by atoms with Crippen LogP contribution < -0.4 is 10.9 Å². The van der Waals surface area contributed by atoms with Gasteiger partial charge >= 0.3 is 5.97 Å². The fraction of sp³-hybridized carbons (Fsp3) is 0.364. The quantitative estimate of drug-likeness (QED) is 0.460. The summed E-state index contributed by atoms with van der Waals surface area (Å²) in [5.74, 6) is 5.49. The van der Waals surface area contributed by atoms with Crippen LogP contribution in [0.2, 0.25) is 0 Å². The van der Waals surface area contributed by atoms with Crippen molar-refractivity contribution < 1.29 is 9.53 Å². The molecule has 0 bridgehead atoms. The zero-order chi connectivity index (χ0) is 11.3. The Morgan fingerprint density at radius 2 is 2.07 bits per heavy atom. The lowest BCUT2D eigenvalue weighted by atomic mass is 10.2. The van der Waals surface area contributed by atoms with E-state index < -0.39 is 6.04 Å². The number of carbonyl (C=O) groups excluding carboxylic acids is 1. The van der Waals surface area contributed by atoms with Gasteiger partial charge in [-0.15, -0.1) is 0 Å². The molecule has 1 aromatic rings. The van der Waals surface area contributed by atoms with Crippen LogP contribution in [0.3, 0.4) is 0 Å². The Bertz CT molecular complexity index is 314. The molecule has 0 radical (unpaired) electrons. The van der Waals surface area contributed by atoms with E-state index >= 15 is 0 Å². The van der Waals surface area contributed by atoms with Crippen LogP contribution in [-0.2, 0) is 9.53 Å². The first-order valence-corrected chi connectivity index (χ1v) is 4.92. The highest BCUT2D eigenvalue weighted by atomic mass is 16.5. The highest BCUT2D eigenvalue weighted by Crippen LogP contribution is 2.12. The monoisotopic (exact) mass is 208 g/mol. The smallest absolute Gasteiger partial charge is 0.330 e. The maximum atomic E-state index is 11.4. The van der Waals surface area contributed by atoms with Gasteiger partial charge in [0.2, 0.25) is 0 Å². The Morgan fingerprint density at radius 3 is 2.60 bits per heavy atom. The SMILES string of the molecule is CCOC(=O)[C@@H](C)N(N)c1ccccc1. The number of hydrogen-bond donors (Lipinski definition) is 1. The molecule has 0 aliphatic carbocycles. The summed E-state index contributed by atoms with van der Waals surface area (Å²) < 4.78 is 4.89. The number of nitrogens with zero attached hydrogens (tertiary/aromatic N) is 1. The predicted molar refractivity (Wildman–Crippen MR) is 59.2 cm³/mol. The number of ether oxygens (including phenoxy) is 1. The average molecular weight is 208 g/mol. The van der Waals surface area contributed by atoms with Crippen LogP contribution in [0.5, 0.6) is 0 Å². The third-order valence-electron chi connectivity index (χ3n) is 2.10. The summed E-state index contributed by atoms with van der Waals surface area (Å²) >= 11 is 0. The summed E-state index contributed by atoms with van der Waals surface area (Å²) in [6, 6.07) is 8.84. The lowest BCUT2D eigenvalue weighted by Gasteiger charge is -2.24. The number of rotatable bonds is 4. The van der Waals surface area contributed by atoms with E-state index in [9.17, 15) is 4.79 Å². The topological polar surface area (TPSA) is 55.6 Å². The van der Waals surface area contributed by atoms with E-state index in [1.807, 2.05) is 30.3 Å². The van der Waals surface area contributed by atoms with Crippen molar-refractivity contribution in [2.45, 2.75) is 19.9 Å². The number of esters is 1. The summed E-state index contributed by atoms with van der Waals surface area (Å²) in [4.78, 5) is 11.4. The fourth-order valence-corrected chi connectivity index (χ4v) is 1.20. The van der Waals surface area contributed by atoms with Crippen molar-refractivity contribution in [1.82, 2.24) is 0 Å². The van der Waals surface area contributed by atoms with Gasteiger partial charge in [0.15, 0.2) is 0 Å². The van der Waals surface area contributed by atoms with Crippen molar-refractivity contribution in [3.63, 3.8) is 0 Å². The first-order chi connectivity index (χ1) is 7.16. The van der Waals surface area contributed by atoms with Gasteiger partial charge in [0, 0.05) is 0 Å². The molecule has 0 amide bonds. The van der Waals surface area contributed by atoms with Crippen LogP contribution in [0.25, 0.3) is 0 Å². The molecule has 1 rings (SSSR count). The Hall–Kier alpha value is -1.55. The number of hydrogen-bond acceptors (Lipinski definition) is 4. The lowest BCUT2D eigenvalue weighted by Crippen LogP contribution is -2.45. The molecule has 2 N–H and O–H groups in total. The lowest BCUT2D eigenvalue weighted by molar-refractivity contribution is -0.144. The van der Waals surface area contributed by atoms with E-state index in [0.717, 1.165) is 5.69 Å². The van der Waals surface area contributed by atoms with Crippen molar-refractivity contribution in [1.29, 1.82) is 0 Å². The second-order valence-electron chi connectivity index (χ2n) is 3.17. The summed E-state index contributed by atoms with van der Waals surface area (Å²) in [5.41, 5.74) is 0.790. The maximum absolute atomic E-state index is 11.4. The van der Waals surface area contributed by atoms with Crippen LogP contribution >= 0.6 is 0 Å². The molecule has 0 unspecified atom stereocenters. The Kier molecular flexibility index (Phi) is 4.12. The largest absolute Gasteiger partial charge is 0.464 e. The predicted octanol–water partition coefficient (Wildman–Crippen LogP) is 1.32. The molecular weight excluding hydrogens is 192 g/mol. The van der Waals surface area contributed by atoms with Crippen molar-refractivity contribution >= 4 is 11.7 Å². The number of benzene rings is 1. The zero-order valence-electron chi connectivity index (χ0n) is 9.01. The van der Waals surface area contributed by atoms with Crippen molar-refractivity contribution in [3.05, 3.63) is 30.3 Å². The van der Waals surface area contributed by atoms with Gasteiger partial charge in [0.1, 0.15) is 6.04 Å². The summed E-state index contributed by atoms with van der Waals surface area (Å²) in [6.45, 7) is 3.85. The van der Waals surface area contributed by atoms with E-state index in [1.165, 1.54) is 5.01 Å². The van der Waals surface area contributed by atoms with Crippen LogP contribution in [0.1, 0.15) is 13.8 Å². The van der Waals surface area contributed by atoms with Gasteiger partial charge in [0.25, 0.3) is 0 Å². The van der Waals surface area contributed by atoms with E-state index in [-0.39, 0.29) is 5.97 Å². The molecule has 0 heterocycles. The van der Waals surface area contributed by atoms with E-state index in [0.29, 0.717) is 6.61 Å². The van der Waals surface area contributed by atoms with Gasteiger partial charge in [-0.1, -0.05) is 18.2 Å². The fourth-order valence-electron chi connectivity index (χ4n) is 1.20. The third kappa shape index (κ3) is 2.95. The molecule has 0 aliphatic heterocycles. The molecule has 0 spiro atoms. The molecule has 0 aromatic heterocycles. The normalized spacial score (nSPS) is 11.9. The second-order valence-corrected chi connectivity index (χ2v) is 3.17. The van der Waals surface area contributed by atoms with Gasteiger partial charge in [0.05, 0.1) is 12.3 Å². The Balaban J connectivity index is 2.68. The third-order valence-corrected chi connectivity index (χ3v) is 2.10. The van der Waals surface area contributed by atoms with Crippen LogP contribution in [0.15, 0.2) is 30.3 Å². The van der Waals surface area contributed by atoms with Crippen molar-refractivity contribution in [3.8, 4) is 0 Å². The summed E-state index contributed by atoms with van der Waals surface area (Å²) in [6.07, 6.45) is 0. The highest BCUT2D eigenvalue weighted by molar-refractivity contribution is 5.79. The first-order valence-electron chi connectivity index (χ1n) is 4.92. The minimum absolute atomic E-state index is 0.316. The molecule has 0 fully saturated rings. The Morgan fingerprint density at radius 1 is 1.47 bits per heavy atom. The van der Waals surface area contributed by atoms with E-state index in [4.69, 9.17) is 10.6 Å². The molecule has 1 atom stereocenters. The minimum Gasteiger partial charge on any atom is -0.464 e. The minimum atomic E-state index is -0.479. The first kappa shape index (κ1) is 11.5. The number of carbonyl (C=O) groups is 1. The molecule has 0 saturated carbocycles. The molecule has 0 saturated heterocycles. The van der Waals surface area contributed by atoms with Crippen molar-refractivity contribution in [2.75, 3.05) is 11.6 Å². The molecule has 15 heavy (non-hydrogen) atoms. The Labute approximate surface area is 89.6 Å². The highest BCUT2D eigenvalue weighted by Gasteiger charge is 2.19. The van der Waals surface area contributed by atoms with E-state index in [1.54, 1.807) is 13.8 Å². The maximum Gasteiger partial charge on any atom is 0.330 e. The van der Waals surface area contributed by atoms with Crippen LogP contribution in [0.4, 0.5) is 5.69 Å². The van der Waals surface area contributed by atoms with Gasteiger partial charge in [-0.2, -0.15) is 0 Å². The van der Waals surface area contributed by atoms with Crippen LogP contribution in [0, 0.1) is 0 Å². The summed E-state index contributed by atoms with van der Waals surface area (Å²) in [5, 5.41) is 1.40. The molecule has 0 aliphatic rings. The molecule has 4 nitrogen and oxygen atoms in total. The number of hydrazine groups is 1. The molecule has 1 aromatic carbocycles. The van der Waals surface area contributed by atoms with Gasteiger partial charge in [-0.3, -0.25) is 5.01 Å². The average Bonchev–Trinajstić information content (AvgIpc) is 2.28. The van der Waals surface area contributed by atoms with Gasteiger partial charge in [-0.25, -0.2) is 10.6 Å². The summed E-state index contributed by atoms with van der Waals surface area (Å²) in [7, 11) is 0. The van der Waals surface area contributed by atoms with Crippen LogP contribution in [-0.4, -0.2) is 18.6 Å². The van der Waals surface area contributed by atoms with E-state index in [2.05, 4.69) is 0 Å². The zero-order valence-corrected chi connectivity index (χ0v) is 9.01.